The molecule has 1 amide bonds. The maximum Gasteiger partial charge on any atom is 0.443 e. The first-order chi connectivity index (χ1) is 12.7. The van der Waals surface area contributed by atoms with Gasteiger partial charge in [0.05, 0.1) is 17.7 Å². The average molecular weight is 396 g/mol. The van der Waals surface area contributed by atoms with Crippen LogP contribution in [0.2, 0.25) is 0 Å². The lowest BCUT2D eigenvalue weighted by Gasteiger charge is -2.19. The van der Waals surface area contributed by atoms with Gasteiger partial charge in [0.2, 0.25) is 10.9 Å². The molecule has 0 atom stereocenters. The fourth-order valence-corrected chi connectivity index (χ4v) is 3.89. The Morgan fingerprint density at radius 1 is 1.22 bits per heavy atom. The van der Waals surface area contributed by atoms with E-state index in [1.165, 1.54) is 11.9 Å². The number of rotatable bonds is 2. The van der Waals surface area contributed by atoms with Crippen molar-refractivity contribution in [2.45, 2.75) is 13.1 Å². The van der Waals surface area contributed by atoms with E-state index in [0.717, 1.165) is 0 Å². The minimum Gasteiger partial charge on any atom is -0.337 e. The fourth-order valence-electron chi connectivity index (χ4n) is 2.97. The molecule has 2 aromatic heterocycles. The van der Waals surface area contributed by atoms with Crippen LogP contribution in [0.4, 0.5) is 18.2 Å². The molecule has 0 bridgehead atoms. The van der Waals surface area contributed by atoms with Crippen molar-refractivity contribution in [3.05, 3.63) is 29.3 Å². The maximum atomic E-state index is 13.3. The number of hydrogen-bond acceptors (Lipinski definition) is 6. The van der Waals surface area contributed by atoms with Crippen LogP contribution in [0.3, 0.4) is 0 Å². The molecule has 142 valence electrons. The highest BCUT2D eigenvalue weighted by atomic mass is 32.1. The second-order valence-corrected chi connectivity index (χ2v) is 7.15. The quantitative estimate of drug-likeness (QED) is 0.721. The van der Waals surface area contributed by atoms with Crippen LogP contribution in [0.25, 0.3) is 22.6 Å². The smallest absolute Gasteiger partial charge is 0.337 e. The number of anilines is 1. The van der Waals surface area contributed by atoms with Gasteiger partial charge in [0.15, 0.2) is 5.82 Å². The number of amides is 1. The summed E-state index contributed by atoms with van der Waals surface area (Å²) in [6, 6.07) is 7.18. The van der Waals surface area contributed by atoms with Crippen LogP contribution in [-0.4, -0.2) is 51.3 Å². The van der Waals surface area contributed by atoms with Gasteiger partial charge in [0.25, 0.3) is 0 Å². The zero-order valence-corrected chi connectivity index (χ0v) is 15.2. The lowest BCUT2D eigenvalue weighted by molar-refractivity contribution is -0.139. The van der Waals surface area contributed by atoms with E-state index in [0.29, 0.717) is 27.4 Å². The molecule has 0 unspecified atom stereocenters. The van der Waals surface area contributed by atoms with Crippen LogP contribution >= 0.6 is 11.3 Å². The van der Waals surface area contributed by atoms with E-state index in [-0.39, 0.29) is 30.8 Å². The molecule has 7 nitrogen and oxygen atoms in total. The SMILES string of the molecule is CC(=O)N1CN(c2sc(C(F)(F)F)nc2-c2nc3ccccc3[nH]2)CN1C. The highest BCUT2D eigenvalue weighted by Gasteiger charge is 2.39. The van der Waals surface area contributed by atoms with E-state index in [9.17, 15) is 18.0 Å². The van der Waals surface area contributed by atoms with Crippen LogP contribution < -0.4 is 4.90 Å². The number of hydrogen-bond donors (Lipinski definition) is 1. The molecule has 11 heteroatoms. The number of fused-ring (bicyclic) bond motifs is 1. The standard InChI is InChI=1S/C16H15F3N6OS/c1-9(26)25-8-24(7-23(25)2)14-12(22-15(27-14)16(17,18)19)13-20-10-5-3-4-6-11(10)21-13/h3-6H,7-8H2,1-2H3,(H,20,21). The Kier molecular flexibility index (Phi) is 4.07. The minimum absolute atomic E-state index is 0.127. The first kappa shape index (κ1) is 17.7. The molecule has 3 aromatic rings. The van der Waals surface area contributed by atoms with Crippen LogP contribution in [0.1, 0.15) is 11.9 Å². The van der Waals surface area contributed by atoms with Gasteiger partial charge in [-0.1, -0.05) is 23.5 Å². The topological polar surface area (TPSA) is 68.4 Å². The predicted octanol–water partition coefficient (Wildman–Crippen LogP) is 3.14. The zero-order valence-electron chi connectivity index (χ0n) is 14.4. The van der Waals surface area contributed by atoms with Gasteiger partial charge in [-0.3, -0.25) is 9.80 Å². The minimum atomic E-state index is -4.56. The lowest BCUT2D eigenvalue weighted by atomic mass is 10.3. The molecular formula is C16H15F3N6OS. The molecule has 1 aliphatic rings. The Hall–Kier alpha value is -2.66. The molecule has 1 aromatic carbocycles. The third-order valence-electron chi connectivity index (χ3n) is 4.21. The summed E-state index contributed by atoms with van der Waals surface area (Å²) >= 11 is 0.549. The van der Waals surface area contributed by atoms with Crippen molar-refractivity contribution < 1.29 is 18.0 Å². The molecule has 0 radical (unpaired) electrons. The third-order valence-corrected chi connectivity index (χ3v) is 5.37. The van der Waals surface area contributed by atoms with Gasteiger partial charge in [0.1, 0.15) is 17.4 Å². The van der Waals surface area contributed by atoms with Crippen molar-refractivity contribution in [3.8, 4) is 11.5 Å². The number of imidazole rings is 1. The van der Waals surface area contributed by atoms with Crippen molar-refractivity contribution in [2.75, 3.05) is 25.3 Å². The highest BCUT2D eigenvalue weighted by molar-refractivity contribution is 7.16. The monoisotopic (exact) mass is 396 g/mol. The predicted molar refractivity (Wildman–Crippen MR) is 94.7 cm³/mol. The molecule has 0 spiro atoms. The number of carbonyl (C=O) groups is 1. The molecule has 0 aliphatic carbocycles. The third kappa shape index (κ3) is 3.12. The number of carbonyl (C=O) groups excluding carboxylic acids is 1. The number of H-pyrrole nitrogens is 1. The summed E-state index contributed by atoms with van der Waals surface area (Å²) in [5, 5.41) is 2.47. The van der Waals surface area contributed by atoms with E-state index in [4.69, 9.17) is 0 Å². The summed E-state index contributed by atoms with van der Waals surface area (Å²) in [6.45, 7) is 1.83. The first-order valence-corrected chi connectivity index (χ1v) is 8.83. The van der Waals surface area contributed by atoms with Gasteiger partial charge in [-0.15, -0.1) is 0 Å². The second-order valence-electron chi connectivity index (χ2n) is 6.17. The summed E-state index contributed by atoms with van der Waals surface area (Å²) in [5.74, 6) is 0.0766. The molecule has 3 heterocycles. The largest absolute Gasteiger partial charge is 0.443 e. The second kappa shape index (κ2) is 6.20. The van der Waals surface area contributed by atoms with Gasteiger partial charge in [0, 0.05) is 14.0 Å². The zero-order chi connectivity index (χ0) is 19.3. The molecule has 1 aliphatic heterocycles. The Morgan fingerprint density at radius 2 is 1.96 bits per heavy atom. The van der Waals surface area contributed by atoms with Gasteiger partial charge in [-0.25, -0.2) is 15.0 Å². The van der Waals surface area contributed by atoms with Gasteiger partial charge >= 0.3 is 6.18 Å². The number of aromatic amines is 1. The molecule has 1 saturated heterocycles. The van der Waals surface area contributed by atoms with Crippen molar-refractivity contribution in [2.24, 2.45) is 0 Å². The Bertz CT molecular complexity index is 980. The molecule has 27 heavy (non-hydrogen) atoms. The normalized spacial score (nSPS) is 15.9. The summed E-state index contributed by atoms with van der Waals surface area (Å²) in [7, 11) is 1.70. The number of thiazole rings is 1. The first-order valence-electron chi connectivity index (χ1n) is 8.01. The van der Waals surface area contributed by atoms with Gasteiger partial charge in [-0.2, -0.15) is 13.2 Å². The van der Waals surface area contributed by atoms with E-state index in [1.54, 1.807) is 35.2 Å². The molecular weight excluding hydrogens is 381 g/mol. The van der Waals surface area contributed by atoms with Crippen LogP contribution in [0.5, 0.6) is 0 Å². The van der Waals surface area contributed by atoms with Crippen LogP contribution in [-0.2, 0) is 11.0 Å². The van der Waals surface area contributed by atoms with E-state index < -0.39 is 11.2 Å². The van der Waals surface area contributed by atoms with Crippen molar-refractivity contribution >= 4 is 33.3 Å². The number of halogens is 3. The Labute approximate surface area is 156 Å². The molecule has 4 rings (SSSR count). The molecule has 1 fully saturated rings. The van der Waals surface area contributed by atoms with Crippen LogP contribution in [0, 0.1) is 0 Å². The van der Waals surface area contributed by atoms with E-state index >= 15 is 0 Å². The van der Waals surface area contributed by atoms with Gasteiger partial charge < -0.3 is 9.88 Å². The Morgan fingerprint density at radius 3 is 2.59 bits per heavy atom. The summed E-state index contributed by atoms with van der Waals surface area (Å²) in [4.78, 5) is 24.6. The van der Waals surface area contributed by atoms with Crippen LogP contribution in [0.15, 0.2) is 24.3 Å². The number of benzene rings is 1. The highest BCUT2D eigenvalue weighted by Crippen LogP contribution is 2.43. The molecule has 1 N–H and O–H groups in total. The van der Waals surface area contributed by atoms with E-state index in [2.05, 4.69) is 15.0 Å². The fraction of sp³-hybridized carbons (Fsp3) is 0.312. The average Bonchev–Trinajstić information content (AvgIpc) is 3.28. The summed E-state index contributed by atoms with van der Waals surface area (Å²) in [6.07, 6.45) is -4.56. The van der Waals surface area contributed by atoms with Gasteiger partial charge in [-0.05, 0) is 12.1 Å². The summed E-state index contributed by atoms with van der Waals surface area (Å²) < 4.78 is 39.9. The van der Waals surface area contributed by atoms with Crippen molar-refractivity contribution in [3.63, 3.8) is 0 Å². The maximum absolute atomic E-state index is 13.3. The number of para-hydroxylation sites is 2. The van der Waals surface area contributed by atoms with Crippen molar-refractivity contribution in [1.82, 2.24) is 25.0 Å². The lowest BCUT2D eigenvalue weighted by Crippen LogP contribution is -2.36. The number of nitrogens with one attached hydrogen (secondary N) is 1. The number of hydrazine groups is 1. The number of aromatic nitrogens is 3. The van der Waals surface area contributed by atoms with E-state index in [1.807, 2.05) is 6.07 Å². The summed E-state index contributed by atoms with van der Waals surface area (Å²) in [5.41, 5.74) is 1.48. The van der Waals surface area contributed by atoms with Crippen molar-refractivity contribution in [1.29, 1.82) is 0 Å². The Balaban J connectivity index is 1.81. The molecule has 0 saturated carbocycles. The number of alkyl halides is 3. The number of nitrogens with zero attached hydrogens (tertiary/aromatic N) is 5.